The van der Waals surface area contributed by atoms with Crippen molar-refractivity contribution in [2.24, 2.45) is 0 Å². The van der Waals surface area contributed by atoms with Crippen LogP contribution in [0.1, 0.15) is 30.5 Å². The van der Waals surface area contributed by atoms with Crippen LogP contribution in [0.25, 0.3) is 11.1 Å². The van der Waals surface area contributed by atoms with Gasteiger partial charge in [-0.05, 0) is 54.2 Å². The zero-order chi connectivity index (χ0) is 15.2. The maximum atomic E-state index is 4.23. The number of hydrogen-bond acceptors (Lipinski definition) is 0. The van der Waals surface area contributed by atoms with E-state index in [0.29, 0.717) is 0 Å². The van der Waals surface area contributed by atoms with Crippen LogP contribution in [0.5, 0.6) is 0 Å². The Bertz CT molecular complexity index is 685. The molecule has 0 bridgehead atoms. The Morgan fingerprint density at radius 3 is 2.19 bits per heavy atom. The number of aryl methyl sites for hydroxylation is 1. The predicted octanol–water partition coefficient (Wildman–Crippen LogP) is 6.06. The van der Waals surface area contributed by atoms with Gasteiger partial charge >= 0.3 is 0 Å². The Labute approximate surface area is 128 Å². The van der Waals surface area contributed by atoms with Gasteiger partial charge in [0.15, 0.2) is 0 Å². The average molecular weight is 274 g/mol. The number of hydrogen-bond donors (Lipinski definition) is 0. The quantitative estimate of drug-likeness (QED) is 0.595. The topological polar surface area (TPSA) is 0 Å². The molecule has 0 heterocycles. The van der Waals surface area contributed by atoms with Crippen molar-refractivity contribution in [1.29, 1.82) is 0 Å². The zero-order valence-electron chi connectivity index (χ0n) is 13.1. The lowest BCUT2D eigenvalue weighted by Crippen LogP contribution is -1.89. The lowest BCUT2D eigenvalue weighted by atomic mass is 9.94. The molecule has 0 aromatic heterocycles. The van der Waals surface area contributed by atoms with E-state index in [1.807, 2.05) is 6.07 Å². The molecule has 0 aliphatic heterocycles. The summed E-state index contributed by atoms with van der Waals surface area (Å²) in [7, 11) is 0. The van der Waals surface area contributed by atoms with Crippen LogP contribution >= 0.6 is 0 Å². The Morgan fingerprint density at radius 2 is 1.57 bits per heavy atom. The van der Waals surface area contributed by atoms with Crippen molar-refractivity contribution in [3.63, 3.8) is 0 Å². The largest absolute Gasteiger partial charge is 0.0911 e. The van der Waals surface area contributed by atoms with Gasteiger partial charge in [-0.1, -0.05) is 73.3 Å². The van der Waals surface area contributed by atoms with E-state index in [0.717, 1.165) is 5.57 Å². The van der Waals surface area contributed by atoms with Crippen molar-refractivity contribution in [2.75, 3.05) is 0 Å². The molecule has 0 aliphatic rings. The second-order valence-electron chi connectivity index (χ2n) is 5.24. The molecule has 0 N–H and O–H groups in total. The Morgan fingerprint density at radius 1 is 0.952 bits per heavy atom. The van der Waals surface area contributed by atoms with Crippen LogP contribution in [-0.2, 0) is 0 Å². The molecule has 106 valence electrons. The molecular formula is C21H22. The molecule has 0 radical (unpaired) electrons. The minimum Gasteiger partial charge on any atom is -0.0911 e. The van der Waals surface area contributed by atoms with Gasteiger partial charge in [-0.25, -0.2) is 0 Å². The van der Waals surface area contributed by atoms with Crippen LogP contribution in [0, 0.1) is 6.92 Å². The first-order chi connectivity index (χ1) is 10.1. The molecule has 0 saturated heterocycles. The average Bonchev–Trinajstić information content (AvgIpc) is 2.49. The Balaban J connectivity index is 2.32. The Hall–Kier alpha value is -2.34. The lowest BCUT2D eigenvalue weighted by Gasteiger charge is -2.11. The summed E-state index contributed by atoms with van der Waals surface area (Å²) in [5.74, 6) is 0. The maximum absolute atomic E-state index is 4.23. The summed E-state index contributed by atoms with van der Waals surface area (Å²) >= 11 is 0. The van der Waals surface area contributed by atoms with Gasteiger partial charge in [0.1, 0.15) is 0 Å². The zero-order valence-corrected chi connectivity index (χ0v) is 13.1. The predicted molar refractivity (Wildman–Crippen MR) is 94.1 cm³/mol. The third kappa shape index (κ3) is 3.61. The number of benzene rings is 2. The van der Waals surface area contributed by atoms with Gasteiger partial charge in [0.2, 0.25) is 0 Å². The standard InChI is InChI=1S/C21H22/c1-5-20(19-12-7-6-8-13-19)17(3)15-18(4)21-14-10-9-11-16(21)2/h5-15H,4H2,1-3H3/b17-15-,20-5+. The first kappa shape index (κ1) is 15.1. The molecule has 0 heteroatoms. The van der Waals surface area contributed by atoms with Crippen LogP contribution in [0.2, 0.25) is 0 Å². The van der Waals surface area contributed by atoms with Crippen molar-refractivity contribution < 1.29 is 0 Å². The molecule has 2 rings (SSSR count). The SMILES string of the molecule is C=C(/C=C(C)\C(=C/C)c1ccccc1)c1ccccc1C. The van der Waals surface area contributed by atoms with E-state index in [4.69, 9.17) is 0 Å². The van der Waals surface area contributed by atoms with E-state index in [-0.39, 0.29) is 0 Å². The second-order valence-corrected chi connectivity index (χ2v) is 5.24. The van der Waals surface area contributed by atoms with Gasteiger partial charge in [-0.2, -0.15) is 0 Å². The maximum Gasteiger partial charge on any atom is -0.0161 e. The highest BCUT2D eigenvalue weighted by Crippen LogP contribution is 2.26. The van der Waals surface area contributed by atoms with Crippen LogP contribution in [0.4, 0.5) is 0 Å². The minimum atomic E-state index is 1.06. The molecular weight excluding hydrogens is 252 g/mol. The lowest BCUT2D eigenvalue weighted by molar-refractivity contribution is 1.42. The van der Waals surface area contributed by atoms with Crippen molar-refractivity contribution in [2.45, 2.75) is 20.8 Å². The van der Waals surface area contributed by atoms with E-state index in [1.54, 1.807) is 0 Å². The summed E-state index contributed by atoms with van der Waals surface area (Å²) in [5.41, 5.74) is 7.25. The molecule has 0 unspecified atom stereocenters. The molecule has 0 aliphatic carbocycles. The van der Waals surface area contributed by atoms with Crippen molar-refractivity contribution in [3.8, 4) is 0 Å². The van der Waals surface area contributed by atoms with E-state index in [1.165, 1.54) is 27.8 Å². The molecule has 21 heavy (non-hydrogen) atoms. The monoisotopic (exact) mass is 274 g/mol. The van der Waals surface area contributed by atoms with Crippen molar-refractivity contribution >= 4 is 11.1 Å². The smallest absolute Gasteiger partial charge is 0.0161 e. The normalized spacial score (nSPS) is 12.3. The van der Waals surface area contributed by atoms with Gasteiger partial charge in [0.25, 0.3) is 0 Å². The third-order valence-electron chi connectivity index (χ3n) is 3.68. The molecule has 0 nitrogen and oxygen atoms in total. The molecule has 0 atom stereocenters. The summed E-state index contributed by atoms with van der Waals surface area (Å²) in [5, 5.41) is 0. The highest BCUT2D eigenvalue weighted by atomic mass is 14.1. The molecule has 2 aromatic rings. The van der Waals surface area contributed by atoms with Crippen molar-refractivity contribution in [1.82, 2.24) is 0 Å². The summed E-state index contributed by atoms with van der Waals surface area (Å²) in [4.78, 5) is 0. The minimum absolute atomic E-state index is 1.06. The van der Waals surface area contributed by atoms with Gasteiger partial charge in [-0.15, -0.1) is 0 Å². The fraction of sp³-hybridized carbons (Fsp3) is 0.143. The van der Waals surface area contributed by atoms with Crippen LogP contribution in [-0.4, -0.2) is 0 Å². The second kappa shape index (κ2) is 6.90. The number of rotatable bonds is 4. The van der Waals surface area contributed by atoms with E-state index >= 15 is 0 Å². The van der Waals surface area contributed by atoms with Crippen molar-refractivity contribution in [3.05, 3.63) is 95.6 Å². The van der Waals surface area contributed by atoms with Crippen LogP contribution in [0.3, 0.4) is 0 Å². The highest BCUT2D eigenvalue weighted by molar-refractivity contribution is 5.84. The van der Waals surface area contributed by atoms with Gasteiger partial charge < -0.3 is 0 Å². The molecule has 0 fully saturated rings. The third-order valence-corrected chi connectivity index (χ3v) is 3.68. The van der Waals surface area contributed by atoms with Crippen LogP contribution < -0.4 is 0 Å². The summed E-state index contributed by atoms with van der Waals surface area (Å²) < 4.78 is 0. The highest BCUT2D eigenvalue weighted by Gasteiger charge is 2.05. The first-order valence-corrected chi connectivity index (χ1v) is 7.28. The van der Waals surface area contributed by atoms with Crippen LogP contribution in [0.15, 0.2) is 78.9 Å². The fourth-order valence-corrected chi connectivity index (χ4v) is 2.59. The molecule has 2 aromatic carbocycles. The van der Waals surface area contributed by atoms with Gasteiger partial charge in [0.05, 0.1) is 0 Å². The summed E-state index contributed by atoms with van der Waals surface area (Å²) in [6.45, 7) is 10.6. The first-order valence-electron chi connectivity index (χ1n) is 7.28. The number of allylic oxidation sites excluding steroid dienone is 5. The molecule has 0 amide bonds. The summed E-state index contributed by atoms with van der Waals surface area (Å²) in [6.07, 6.45) is 4.33. The molecule has 0 spiro atoms. The van der Waals surface area contributed by atoms with Gasteiger partial charge in [-0.3, -0.25) is 0 Å². The van der Waals surface area contributed by atoms with E-state index in [2.05, 4.69) is 88.0 Å². The summed E-state index contributed by atoms with van der Waals surface area (Å²) in [6, 6.07) is 18.8. The van der Waals surface area contributed by atoms with E-state index < -0.39 is 0 Å². The Kier molecular flexibility index (Phi) is 4.94. The van der Waals surface area contributed by atoms with Gasteiger partial charge in [0, 0.05) is 0 Å². The molecule has 0 saturated carbocycles. The van der Waals surface area contributed by atoms with E-state index in [9.17, 15) is 0 Å². The fourth-order valence-electron chi connectivity index (χ4n) is 2.59.